The van der Waals surface area contributed by atoms with Gasteiger partial charge in [-0.3, -0.25) is 9.78 Å². The average molecular weight is 205 g/mol. The first-order chi connectivity index (χ1) is 7.24. The Bertz CT molecular complexity index is 565. The van der Waals surface area contributed by atoms with Crippen molar-refractivity contribution in [1.29, 1.82) is 0 Å². The van der Waals surface area contributed by atoms with Crippen molar-refractivity contribution >= 4 is 17.1 Å². The monoisotopic (exact) mass is 205 g/mol. The summed E-state index contributed by atoms with van der Waals surface area (Å²) in [6.45, 7) is 0.881. The summed E-state index contributed by atoms with van der Waals surface area (Å²) in [7, 11) is 0. The fourth-order valence-electron chi connectivity index (χ4n) is 1.68. The molecule has 0 aliphatic heterocycles. The Kier molecular flexibility index (Phi) is 1.59. The van der Waals surface area contributed by atoms with Gasteiger partial charge in [0, 0.05) is 6.54 Å². The molecule has 0 radical (unpaired) electrons. The van der Waals surface area contributed by atoms with Crippen LogP contribution in [0.25, 0.3) is 11.2 Å². The van der Waals surface area contributed by atoms with Crippen molar-refractivity contribution in [3.63, 3.8) is 0 Å². The summed E-state index contributed by atoms with van der Waals surface area (Å²) in [5.74, 6) is 0.856. The molecule has 2 aromatic rings. The highest BCUT2D eigenvalue weighted by Gasteiger charge is 2.23. The lowest BCUT2D eigenvalue weighted by Gasteiger charge is -2.00. The SMILES string of the molecule is Nc1nc2c(ncn2CC2CC2)c(=O)[nH]1. The lowest BCUT2D eigenvalue weighted by molar-refractivity contribution is 0.638. The molecular formula is C9H11N5O. The lowest BCUT2D eigenvalue weighted by Crippen LogP contribution is -2.12. The van der Waals surface area contributed by atoms with Crippen LogP contribution in [0.15, 0.2) is 11.1 Å². The van der Waals surface area contributed by atoms with E-state index < -0.39 is 0 Å². The first-order valence-electron chi connectivity index (χ1n) is 4.94. The molecule has 2 aromatic heterocycles. The van der Waals surface area contributed by atoms with E-state index in [0.717, 1.165) is 6.54 Å². The molecule has 0 atom stereocenters. The van der Waals surface area contributed by atoms with E-state index in [-0.39, 0.29) is 11.5 Å². The van der Waals surface area contributed by atoms with Crippen molar-refractivity contribution in [2.45, 2.75) is 19.4 Å². The molecule has 0 aromatic carbocycles. The number of rotatable bonds is 2. The van der Waals surface area contributed by atoms with Gasteiger partial charge in [-0.15, -0.1) is 0 Å². The van der Waals surface area contributed by atoms with Crippen LogP contribution in [0.2, 0.25) is 0 Å². The number of aromatic amines is 1. The summed E-state index contributed by atoms with van der Waals surface area (Å²) in [5.41, 5.74) is 6.17. The molecule has 2 heterocycles. The van der Waals surface area contributed by atoms with Gasteiger partial charge in [-0.1, -0.05) is 0 Å². The predicted octanol–water partition coefficient (Wildman–Crippen LogP) is 0.112. The fraction of sp³-hybridized carbons (Fsp3) is 0.444. The average Bonchev–Trinajstić information content (AvgIpc) is 2.89. The minimum Gasteiger partial charge on any atom is -0.369 e. The molecule has 1 saturated carbocycles. The largest absolute Gasteiger partial charge is 0.369 e. The van der Waals surface area contributed by atoms with Gasteiger partial charge in [-0.2, -0.15) is 4.98 Å². The van der Waals surface area contributed by atoms with Gasteiger partial charge in [0.1, 0.15) is 0 Å². The highest BCUT2D eigenvalue weighted by Crippen LogP contribution is 2.31. The minimum atomic E-state index is -0.271. The van der Waals surface area contributed by atoms with Gasteiger partial charge in [0.05, 0.1) is 6.33 Å². The molecule has 1 aliphatic rings. The van der Waals surface area contributed by atoms with Crippen molar-refractivity contribution in [3.05, 3.63) is 16.7 Å². The maximum atomic E-state index is 11.5. The summed E-state index contributed by atoms with van der Waals surface area (Å²) < 4.78 is 1.90. The van der Waals surface area contributed by atoms with Gasteiger partial charge < -0.3 is 10.3 Å². The van der Waals surface area contributed by atoms with Gasteiger partial charge in [0.15, 0.2) is 11.2 Å². The third-order valence-corrected chi connectivity index (χ3v) is 2.64. The number of hydrogen-bond acceptors (Lipinski definition) is 4. The molecule has 6 nitrogen and oxygen atoms in total. The van der Waals surface area contributed by atoms with Crippen LogP contribution in [-0.4, -0.2) is 19.5 Å². The van der Waals surface area contributed by atoms with E-state index in [1.165, 1.54) is 12.8 Å². The van der Waals surface area contributed by atoms with Crippen molar-refractivity contribution in [2.24, 2.45) is 5.92 Å². The minimum absolute atomic E-state index is 0.144. The van der Waals surface area contributed by atoms with E-state index in [2.05, 4.69) is 15.0 Å². The molecule has 3 N–H and O–H groups in total. The first kappa shape index (κ1) is 8.46. The van der Waals surface area contributed by atoms with Crippen LogP contribution in [0.1, 0.15) is 12.8 Å². The zero-order valence-electron chi connectivity index (χ0n) is 8.10. The number of nitrogens with two attached hydrogens (primary N) is 1. The summed E-state index contributed by atoms with van der Waals surface area (Å²) in [6.07, 6.45) is 4.15. The van der Waals surface area contributed by atoms with Crippen molar-refractivity contribution in [3.8, 4) is 0 Å². The second-order valence-corrected chi connectivity index (χ2v) is 3.96. The Morgan fingerprint density at radius 3 is 3.13 bits per heavy atom. The van der Waals surface area contributed by atoms with Gasteiger partial charge in [-0.05, 0) is 18.8 Å². The van der Waals surface area contributed by atoms with Crippen LogP contribution < -0.4 is 11.3 Å². The summed E-state index contributed by atoms with van der Waals surface area (Å²) in [5, 5.41) is 0. The van der Waals surface area contributed by atoms with Crippen LogP contribution in [0, 0.1) is 5.92 Å². The Morgan fingerprint density at radius 1 is 1.60 bits per heavy atom. The van der Waals surface area contributed by atoms with Crippen LogP contribution in [0.3, 0.4) is 0 Å². The fourth-order valence-corrected chi connectivity index (χ4v) is 1.68. The Balaban J connectivity index is 2.18. The van der Waals surface area contributed by atoms with Crippen LogP contribution >= 0.6 is 0 Å². The Labute approximate surface area is 85.1 Å². The number of aromatic nitrogens is 4. The molecule has 6 heteroatoms. The molecule has 0 amide bonds. The zero-order valence-corrected chi connectivity index (χ0v) is 8.10. The Morgan fingerprint density at radius 2 is 2.40 bits per heavy atom. The van der Waals surface area contributed by atoms with Gasteiger partial charge in [-0.25, -0.2) is 4.98 Å². The Hall–Kier alpha value is -1.85. The normalized spacial score (nSPS) is 16.0. The third kappa shape index (κ3) is 1.38. The number of anilines is 1. The van der Waals surface area contributed by atoms with Crippen molar-refractivity contribution in [2.75, 3.05) is 5.73 Å². The summed E-state index contributed by atoms with van der Waals surface area (Å²) in [4.78, 5) is 22.0. The number of nitrogen functional groups attached to an aromatic ring is 1. The molecular weight excluding hydrogens is 194 g/mol. The van der Waals surface area contributed by atoms with Crippen molar-refractivity contribution < 1.29 is 0 Å². The molecule has 3 rings (SSSR count). The van der Waals surface area contributed by atoms with E-state index in [4.69, 9.17) is 5.73 Å². The molecule has 78 valence electrons. The number of fused-ring (bicyclic) bond motifs is 1. The van der Waals surface area contributed by atoms with Crippen molar-refractivity contribution in [1.82, 2.24) is 19.5 Å². The van der Waals surface area contributed by atoms with Crippen LogP contribution in [0.5, 0.6) is 0 Å². The molecule has 0 unspecified atom stereocenters. The first-order valence-corrected chi connectivity index (χ1v) is 4.94. The third-order valence-electron chi connectivity index (χ3n) is 2.64. The van der Waals surface area contributed by atoms with E-state index >= 15 is 0 Å². The van der Waals surface area contributed by atoms with Gasteiger partial charge >= 0.3 is 0 Å². The van der Waals surface area contributed by atoms with Crippen LogP contribution in [0.4, 0.5) is 5.95 Å². The summed E-state index contributed by atoms with van der Waals surface area (Å²) in [6, 6.07) is 0. The van der Waals surface area contributed by atoms with E-state index in [0.29, 0.717) is 17.1 Å². The number of imidazole rings is 1. The molecule has 0 saturated heterocycles. The number of nitrogens with one attached hydrogen (secondary N) is 1. The molecule has 15 heavy (non-hydrogen) atoms. The second kappa shape index (κ2) is 2.82. The van der Waals surface area contributed by atoms with Gasteiger partial charge in [0.25, 0.3) is 5.56 Å². The number of H-pyrrole nitrogens is 1. The van der Waals surface area contributed by atoms with E-state index in [9.17, 15) is 4.79 Å². The summed E-state index contributed by atoms with van der Waals surface area (Å²) >= 11 is 0. The van der Waals surface area contributed by atoms with E-state index in [1.54, 1.807) is 6.33 Å². The topological polar surface area (TPSA) is 89.6 Å². The number of nitrogens with zero attached hydrogens (tertiary/aromatic N) is 3. The molecule has 1 aliphatic carbocycles. The highest BCUT2D eigenvalue weighted by molar-refractivity contribution is 5.70. The zero-order chi connectivity index (χ0) is 10.4. The smallest absolute Gasteiger partial charge is 0.280 e. The van der Waals surface area contributed by atoms with E-state index in [1.807, 2.05) is 4.57 Å². The second-order valence-electron chi connectivity index (χ2n) is 3.96. The molecule has 0 bridgehead atoms. The lowest BCUT2D eigenvalue weighted by atomic mass is 10.4. The molecule has 1 fully saturated rings. The standard InChI is InChI=1S/C9H11N5O/c10-9-12-7-6(8(15)13-9)11-4-14(7)3-5-1-2-5/h4-5H,1-3H2,(H3,10,12,13,15). The maximum Gasteiger partial charge on any atom is 0.280 e. The van der Waals surface area contributed by atoms with Gasteiger partial charge in [0.2, 0.25) is 5.95 Å². The predicted molar refractivity (Wildman–Crippen MR) is 55.3 cm³/mol. The molecule has 0 spiro atoms. The maximum absolute atomic E-state index is 11.5. The quantitative estimate of drug-likeness (QED) is 0.728. The van der Waals surface area contributed by atoms with Crippen LogP contribution in [-0.2, 0) is 6.54 Å². The number of hydrogen-bond donors (Lipinski definition) is 2. The highest BCUT2D eigenvalue weighted by atomic mass is 16.1.